The largest absolute Gasteiger partial charge is 0.314 e. The number of rotatable bonds is 3. The summed E-state index contributed by atoms with van der Waals surface area (Å²) in [4.78, 5) is 14.6. The van der Waals surface area contributed by atoms with Crippen LogP contribution in [0.25, 0.3) is 0 Å². The smallest absolute Gasteiger partial charge is 0.138 e. The summed E-state index contributed by atoms with van der Waals surface area (Å²) in [6.07, 6.45) is 4.68. The van der Waals surface area contributed by atoms with Crippen molar-refractivity contribution in [1.29, 1.82) is 0 Å². The number of nitrogens with zero attached hydrogens (tertiary/aromatic N) is 1. The van der Waals surface area contributed by atoms with Crippen molar-refractivity contribution in [2.75, 3.05) is 26.2 Å². The molecule has 0 spiro atoms. The van der Waals surface area contributed by atoms with Crippen LogP contribution in [0.2, 0.25) is 0 Å². The Kier molecular flexibility index (Phi) is 4.57. The van der Waals surface area contributed by atoms with Gasteiger partial charge in [-0.3, -0.25) is 9.69 Å². The fourth-order valence-electron chi connectivity index (χ4n) is 3.24. The zero-order valence-electron chi connectivity index (χ0n) is 11.2. The van der Waals surface area contributed by atoms with Gasteiger partial charge in [0.2, 0.25) is 0 Å². The molecule has 1 aliphatic carbocycles. The van der Waals surface area contributed by atoms with Crippen LogP contribution in [-0.2, 0) is 4.79 Å². The number of nitrogens with one attached hydrogen (secondary N) is 1. The molecule has 3 heteroatoms. The number of hydrogen-bond donors (Lipinski definition) is 1. The van der Waals surface area contributed by atoms with Gasteiger partial charge in [0.1, 0.15) is 5.78 Å². The lowest BCUT2D eigenvalue weighted by Gasteiger charge is -2.39. The highest BCUT2D eigenvalue weighted by Gasteiger charge is 2.30. The first-order valence-corrected chi connectivity index (χ1v) is 7.17. The van der Waals surface area contributed by atoms with Crippen molar-refractivity contribution in [1.82, 2.24) is 10.2 Å². The van der Waals surface area contributed by atoms with E-state index >= 15 is 0 Å². The van der Waals surface area contributed by atoms with Gasteiger partial charge in [-0.05, 0) is 25.7 Å². The third-order valence-corrected chi connectivity index (χ3v) is 4.34. The van der Waals surface area contributed by atoms with Gasteiger partial charge in [0.05, 0.1) is 0 Å². The topological polar surface area (TPSA) is 32.3 Å². The Bertz CT molecular complexity index is 251. The van der Waals surface area contributed by atoms with E-state index < -0.39 is 0 Å². The van der Waals surface area contributed by atoms with Crippen LogP contribution in [0.5, 0.6) is 0 Å². The second kappa shape index (κ2) is 5.96. The number of carbonyl (C=O) groups excluding carboxylic acids is 1. The molecule has 0 aromatic heterocycles. The van der Waals surface area contributed by atoms with E-state index in [2.05, 4.69) is 10.2 Å². The molecule has 0 aromatic rings. The highest BCUT2D eigenvalue weighted by Crippen LogP contribution is 2.29. The molecule has 2 fully saturated rings. The minimum atomic E-state index is 0.218. The molecule has 0 aromatic carbocycles. The molecule has 1 saturated heterocycles. The zero-order chi connectivity index (χ0) is 12.3. The normalized spacial score (nSPS) is 31.7. The van der Waals surface area contributed by atoms with E-state index in [1.165, 1.54) is 25.9 Å². The monoisotopic (exact) mass is 238 g/mol. The molecule has 0 radical (unpaired) electrons. The van der Waals surface area contributed by atoms with Gasteiger partial charge in [-0.1, -0.05) is 13.8 Å². The fraction of sp³-hybridized carbons (Fsp3) is 0.929. The van der Waals surface area contributed by atoms with Crippen LogP contribution < -0.4 is 5.32 Å². The summed E-state index contributed by atoms with van der Waals surface area (Å²) in [6, 6.07) is 0.744. The standard InChI is InChI=1S/C14H26N2O/c1-11(2)14(17)12-3-5-13(6-4-12)16-9-7-15-8-10-16/h11-13,15H,3-10H2,1-2H3. The van der Waals surface area contributed by atoms with E-state index in [0.717, 1.165) is 32.0 Å². The summed E-state index contributed by atoms with van der Waals surface area (Å²) in [5.41, 5.74) is 0. The van der Waals surface area contributed by atoms with Crippen LogP contribution in [-0.4, -0.2) is 42.9 Å². The summed E-state index contributed by atoms with van der Waals surface area (Å²) in [6.45, 7) is 8.70. The van der Waals surface area contributed by atoms with Gasteiger partial charge >= 0.3 is 0 Å². The number of carbonyl (C=O) groups is 1. The maximum absolute atomic E-state index is 12.0. The van der Waals surface area contributed by atoms with Gasteiger partial charge in [-0.15, -0.1) is 0 Å². The van der Waals surface area contributed by atoms with Crippen molar-refractivity contribution < 1.29 is 4.79 Å². The van der Waals surface area contributed by atoms with Gasteiger partial charge in [0.15, 0.2) is 0 Å². The predicted molar refractivity (Wildman–Crippen MR) is 70.0 cm³/mol. The molecule has 0 bridgehead atoms. The second-order valence-electron chi connectivity index (χ2n) is 5.85. The number of ketones is 1. The lowest BCUT2D eigenvalue weighted by Crippen LogP contribution is -2.49. The van der Waals surface area contributed by atoms with Crippen molar-refractivity contribution in [2.24, 2.45) is 11.8 Å². The van der Waals surface area contributed by atoms with E-state index in [9.17, 15) is 4.79 Å². The highest BCUT2D eigenvalue weighted by atomic mass is 16.1. The zero-order valence-corrected chi connectivity index (χ0v) is 11.2. The summed E-state index contributed by atoms with van der Waals surface area (Å²) >= 11 is 0. The highest BCUT2D eigenvalue weighted by molar-refractivity contribution is 5.82. The van der Waals surface area contributed by atoms with Gasteiger partial charge in [0.25, 0.3) is 0 Å². The van der Waals surface area contributed by atoms with Crippen molar-refractivity contribution in [3.8, 4) is 0 Å². The van der Waals surface area contributed by atoms with Gasteiger partial charge < -0.3 is 5.32 Å². The van der Waals surface area contributed by atoms with Gasteiger partial charge in [-0.2, -0.15) is 0 Å². The Hall–Kier alpha value is -0.410. The van der Waals surface area contributed by atoms with Crippen molar-refractivity contribution >= 4 is 5.78 Å². The average Bonchev–Trinajstić information content (AvgIpc) is 2.39. The van der Waals surface area contributed by atoms with Gasteiger partial charge in [0, 0.05) is 44.1 Å². The molecule has 1 saturated carbocycles. The van der Waals surface area contributed by atoms with Crippen LogP contribution in [0.3, 0.4) is 0 Å². The molecular formula is C14H26N2O. The Morgan fingerprint density at radius 3 is 2.24 bits per heavy atom. The molecule has 1 aliphatic heterocycles. The average molecular weight is 238 g/mol. The van der Waals surface area contributed by atoms with E-state index in [0.29, 0.717) is 11.7 Å². The Labute approximate surface area is 105 Å². The van der Waals surface area contributed by atoms with E-state index in [4.69, 9.17) is 0 Å². The third-order valence-electron chi connectivity index (χ3n) is 4.34. The van der Waals surface area contributed by atoms with Crippen LogP contribution in [0.15, 0.2) is 0 Å². The first-order valence-electron chi connectivity index (χ1n) is 7.17. The molecule has 98 valence electrons. The van der Waals surface area contributed by atoms with E-state index in [1.807, 2.05) is 13.8 Å². The Morgan fingerprint density at radius 2 is 1.71 bits per heavy atom. The van der Waals surface area contributed by atoms with Crippen molar-refractivity contribution in [2.45, 2.75) is 45.6 Å². The Balaban J connectivity index is 1.79. The maximum atomic E-state index is 12.0. The lowest BCUT2D eigenvalue weighted by molar-refractivity contribution is -0.127. The lowest BCUT2D eigenvalue weighted by atomic mass is 9.80. The van der Waals surface area contributed by atoms with Crippen LogP contribution in [0, 0.1) is 11.8 Å². The number of hydrogen-bond acceptors (Lipinski definition) is 3. The van der Waals surface area contributed by atoms with E-state index in [-0.39, 0.29) is 5.92 Å². The molecule has 2 rings (SSSR count). The van der Waals surface area contributed by atoms with Crippen LogP contribution in [0.4, 0.5) is 0 Å². The molecule has 0 amide bonds. The molecule has 1 N–H and O–H groups in total. The first-order chi connectivity index (χ1) is 8.18. The summed E-state index contributed by atoms with van der Waals surface area (Å²) in [7, 11) is 0. The summed E-state index contributed by atoms with van der Waals surface area (Å²) in [5, 5.41) is 3.40. The molecule has 2 aliphatic rings. The SMILES string of the molecule is CC(C)C(=O)C1CCC(N2CCNCC2)CC1. The molecular weight excluding hydrogens is 212 g/mol. The predicted octanol–water partition coefficient (Wildman–Crippen LogP) is 1.68. The van der Waals surface area contributed by atoms with Crippen LogP contribution in [0.1, 0.15) is 39.5 Å². The number of Topliss-reactive ketones (excluding diaryl/α,β-unsaturated/α-hetero) is 1. The second-order valence-corrected chi connectivity index (χ2v) is 5.85. The Morgan fingerprint density at radius 1 is 1.12 bits per heavy atom. The quantitative estimate of drug-likeness (QED) is 0.812. The molecule has 1 heterocycles. The molecule has 0 atom stereocenters. The summed E-state index contributed by atoms with van der Waals surface area (Å²) in [5.74, 6) is 1.06. The fourth-order valence-corrected chi connectivity index (χ4v) is 3.24. The number of piperazine rings is 1. The molecule has 17 heavy (non-hydrogen) atoms. The third kappa shape index (κ3) is 3.29. The minimum Gasteiger partial charge on any atom is -0.314 e. The molecule has 3 nitrogen and oxygen atoms in total. The minimum absolute atomic E-state index is 0.218. The maximum Gasteiger partial charge on any atom is 0.138 e. The van der Waals surface area contributed by atoms with Gasteiger partial charge in [-0.25, -0.2) is 0 Å². The first kappa shape index (κ1) is 13.0. The molecule has 0 unspecified atom stereocenters. The summed E-state index contributed by atoms with van der Waals surface area (Å²) < 4.78 is 0. The van der Waals surface area contributed by atoms with Crippen molar-refractivity contribution in [3.05, 3.63) is 0 Å². The van der Waals surface area contributed by atoms with Crippen LogP contribution >= 0.6 is 0 Å². The van der Waals surface area contributed by atoms with E-state index in [1.54, 1.807) is 0 Å². The van der Waals surface area contributed by atoms with Crippen molar-refractivity contribution in [3.63, 3.8) is 0 Å².